The Kier molecular flexibility index (Phi) is 3.76. The Bertz CT molecular complexity index is 453. The molecule has 0 bridgehead atoms. The molecular formula is C14H23N5O. The Morgan fingerprint density at radius 3 is 3.10 bits per heavy atom. The van der Waals surface area contributed by atoms with Gasteiger partial charge < -0.3 is 19.9 Å². The normalized spacial score (nSPS) is 26.8. The van der Waals surface area contributed by atoms with E-state index in [1.807, 2.05) is 31.3 Å². The molecule has 20 heavy (non-hydrogen) atoms. The quantitative estimate of drug-likeness (QED) is 0.850. The Balaban J connectivity index is 1.78. The van der Waals surface area contributed by atoms with Gasteiger partial charge in [0.1, 0.15) is 5.82 Å². The van der Waals surface area contributed by atoms with Crippen molar-refractivity contribution in [3.63, 3.8) is 0 Å². The number of nitrogens with one attached hydrogen (secondary N) is 1. The van der Waals surface area contributed by atoms with Crippen molar-refractivity contribution in [3.05, 3.63) is 12.3 Å². The molecule has 2 aliphatic heterocycles. The van der Waals surface area contributed by atoms with Gasteiger partial charge in [-0.15, -0.1) is 0 Å². The Labute approximate surface area is 120 Å². The van der Waals surface area contributed by atoms with Gasteiger partial charge in [0.15, 0.2) is 0 Å². The summed E-state index contributed by atoms with van der Waals surface area (Å²) in [6.07, 6.45) is 4.10. The van der Waals surface area contributed by atoms with Crippen LogP contribution in [0.15, 0.2) is 12.3 Å². The molecule has 1 aromatic rings. The van der Waals surface area contributed by atoms with Crippen LogP contribution in [0, 0.1) is 0 Å². The average Bonchev–Trinajstić information content (AvgIpc) is 2.48. The van der Waals surface area contributed by atoms with E-state index in [0.717, 1.165) is 57.4 Å². The van der Waals surface area contributed by atoms with Gasteiger partial charge in [0, 0.05) is 46.5 Å². The van der Waals surface area contributed by atoms with Gasteiger partial charge in [0.2, 0.25) is 5.95 Å². The van der Waals surface area contributed by atoms with E-state index >= 15 is 0 Å². The van der Waals surface area contributed by atoms with Crippen molar-refractivity contribution < 1.29 is 4.74 Å². The summed E-state index contributed by atoms with van der Waals surface area (Å²) in [5, 5.41) is 3.45. The van der Waals surface area contributed by atoms with Crippen molar-refractivity contribution in [1.29, 1.82) is 0 Å². The first-order valence-corrected chi connectivity index (χ1v) is 7.29. The molecule has 3 heterocycles. The third kappa shape index (κ3) is 2.71. The summed E-state index contributed by atoms with van der Waals surface area (Å²) in [5.74, 6) is 1.75. The summed E-state index contributed by atoms with van der Waals surface area (Å²) in [6, 6.07) is 1.99. The van der Waals surface area contributed by atoms with E-state index in [1.165, 1.54) is 0 Å². The molecule has 1 spiro atoms. The van der Waals surface area contributed by atoms with Crippen molar-refractivity contribution in [1.82, 2.24) is 15.3 Å². The lowest BCUT2D eigenvalue weighted by Gasteiger charge is -2.45. The number of nitrogens with zero attached hydrogens (tertiary/aromatic N) is 4. The molecule has 6 heteroatoms. The molecule has 2 aliphatic rings. The number of hydrogen-bond donors (Lipinski definition) is 1. The highest BCUT2D eigenvalue weighted by Gasteiger charge is 2.38. The largest absolute Gasteiger partial charge is 0.371 e. The summed E-state index contributed by atoms with van der Waals surface area (Å²) >= 11 is 0. The fraction of sp³-hybridized carbons (Fsp3) is 0.714. The Morgan fingerprint density at radius 1 is 1.45 bits per heavy atom. The van der Waals surface area contributed by atoms with Gasteiger partial charge in [-0.3, -0.25) is 0 Å². The molecule has 1 aromatic heterocycles. The van der Waals surface area contributed by atoms with Crippen LogP contribution in [-0.2, 0) is 4.74 Å². The second-order valence-corrected chi connectivity index (χ2v) is 5.84. The first kappa shape index (κ1) is 13.6. The van der Waals surface area contributed by atoms with Crippen LogP contribution in [-0.4, -0.2) is 62.5 Å². The number of aromatic nitrogens is 2. The lowest BCUT2D eigenvalue weighted by molar-refractivity contribution is -0.0726. The predicted octanol–water partition coefficient (Wildman–Crippen LogP) is 0.501. The highest BCUT2D eigenvalue weighted by molar-refractivity contribution is 5.44. The monoisotopic (exact) mass is 277 g/mol. The standard InChI is InChI=1S/C14H23N5O/c1-18(2)13-16-6-4-12(17-13)19-8-3-5-14(11-19)10-15-7-9-20-14/h4,6,15H,3,5,7-11H2,1-2H3/t14-/m1/s1. The van der Waals surface area contributed by atoms with Crippen LogP contribution in [0.1, 0.15) is 12.8 Å². The highest BCUT2D eigenvalue weighted by Crippen LogP contribution is 2.29. The second kappa shape index (κ2) is 5.54. The molecule has 0 amide bonds. The first-order valence-electron chi connectivity index (χ1n) is 7.29. The van der Waals surface area contributed by atoms with Crippen LogP contribution in [0.3, 0.4) is 0 Å². The molecule has 1 N–H and O–H groups in total. The van der Waals surface area contributed by atoms with E-state index in [4.69, 9.17) is 4.74 Å². The van der Waals surface area contributed by atoms with Gasteiger partial charge >= 0.3 is 0 Å². The van der Waals surface area contributed by atoms with Crippen LogP contribution in [0.2, 0.25) is 0 Å². The minimum atomic E-state index is -0.0419. The van der Waals surface area contributed by atoms with Crippen molar-refractivity contribution in [3.8, 4) is 0 Å². The number of hydrogen-bond acceptors (Lipinski definition) is 6. The molecule has 110 valence electrons. The van der Waals surface area contributed by atoms with Gasteiger partial charge in [-0.05, 0) is 18.9 Å². The van der Waals surface area contributed by atoms with Gasteiger partial charge in [-0.1, -0.05) is 0 Å². The van der Waals surface area contributed by atoms with Crippen LogP contribution >= 0.6 is 0 Å². The molecule has 0 aliphatic carbocycles. The zero-order valence-corrected chi connectivity index (χ0v) is 12.3. The van der Waals surface area contributed by atoms with Gasteiger partial charge in [-0.2, -0.15) is 4.98 Å². The van der Waals surface area contributed by atoms with Crippen molar-refractivity contribution in [2.75, 3.05) is 56.7 Å². The third-order valence-electron chi connectivity index (χ3n) is 4.03. The number of piperidine rings is 1. The number of anilines is 2. The summed E-state index contributed by atoms with van der Waals surface area (Å²) in [7, 11) is 3.93. The Hall–Kier alpha value is -1.40. The zero-order chi connectivity index (χ0) is 14.0. The highest BCUT2D eigenvalue weighted by atomic mass is 16.5. The predicted molar refractivity (Wildman–Crippen MR) is 79.4 cm³/mol. The maximum Gasteiger partial charge on any atom is 0.226 e. The van der Waals surface area contributed by atoms with E-state index < -0.39 is 0 Å². The van der Waals surface area contributed by atoms with E-state index in [1.54, 1.807) is 0 Å². The summed E-state index contributed by atoms with van der Waals surface area (Å²) < 4.78 is 6.08. The second-order valence-electron chi connectivity index (χ2n) is 5.84. The van der Waals surface area contributed by atoms with Crippen molar-refractivity contribution in [2.24, 2.45) is 0 Å². The molecule has 1 atom stereocenters. The molecule has 0 radical (unpaired) electrons. The van der Waals surface area contributed by atoms with Crippen molar-refractivity contribution in [2.45, 2.75) is 18.4 Å². The van der Waals surface area contributed by atoms with E-state index in [-0.39, 0.29) is 5.60 Å². The number of ether oxygens (including phenoxy) is 1. The molecule has 2 saturated heterocycles. The molecular weight excluding hydrogens is 254 g/mol. The summed E-state index contributed by atoms with van der Waals surface area (Å²) in [5.41, 5.74) is -0.0419. The summed E-state index contributed by atoms with van der Waals surface area (Å²) in [4.78, 5) is 13.2. The minimum Gasteiger partial charge on any atom is -0.371 e. The average molecular weight is 277 g/mol. The van der Waals surface area contributed by atoms with Crippen LogP contribution in [0.25, 0.3) is 0 Å². The maximum absolute atomic E-state index is 6.08. The minimum absolute atomic E-state index is 0.0419. The molecule has 6 nitrogen and oxygen atoms in total. The lowest BCUT2D eigenvalue weighted by Crippen LogP contribution is -2.59. The SMILES string of the molecule is CN(C)c1nccc(N2CCC[C@@]3(CNCCO3)C2)n1. The van der Waals surface area contributed by atoms with Crippen LogP contribution < -0.4 is 15.1 Å². The van der Waals surface area contributed by atoms with E-state index in [9.17, 15) is 0 Å². The Morgan fingerprint density at radius 2 is 2.35 bits per heavy atom. The molecule has 0 aromatic carbocycles. The van der Waals surface area contributed by atoms with Gasteiger partial charge in [0.05, 0.1) is 12.2 Å². The van der Waals surface area contributed by atoms with Crippen LogP contribution in [0.5, 0.6) is 0 Å². The van der Waals surface area contributed by atoms with Crippen molar-refractivity contribution >= 4 is 11.8 Å². The fourth-order valence-electron chi connectivity index (χ4n) is 2.99. The van der Waals surface area contributed by atoms with Crippen LogP contribution in [0.4, 0.5) is 11.8 Å². The maximum atomic E-state index is 6.08. The molecule has 3 rings (SSSR count). The molecule has 2 fully saturated rings. The first-order chi connectivity index (χ1) is 9.69. The van der Waals surface area contributed by atoms with E-state index in [2.05, 4.69) is 20.2 Å². The third-order valence-corrected chi connectivity index (χ3v) is 4.03. The van der Waals surface area contributed by atoms with Gasteiger partial charge in [0.25, 0.3) is 0 Å². The molecule has 0 saturated carbocycles. The van der Waals surface area contributed by atoms with E-state index in [0.29, 0.717) is 0 Å². The topological polar surface area (TPSA) is 53.5 Å². The van der Waals surface area contributed by atoms with Gasteiger partial charge in [-0.25, -0.2) is 4.98 Å². The summed E-state index contributed by atoms with van der Waals surface area (Å²) in [6.45, 7) is 4.65. The smallest absolute Gasteiger partial charge is 0.226 e. The molecule has 0 unspecified atom stereocenters. The number of rotatable bonds is 2. The number of morpholine rings is 1. The zero-order valence-electron chi connectivity index (χ0n) is 12.3. The lowest BCUT2D eigenvalue weighted by atomic mass is 9.91. The fourth-order valence-corrected chi connectivity index (χ4v) is 2.99.